The predicted molar refractivity (Wildman–Crippen MR) is 106 cm³/mol. The lowest BCUT2D eigenvalue weighted by Crippen LogP contribution is -2.42. The summed E-state index contributed by atoms with van der Waals surface area (Å²) in [5.41, 5.74) is 0.120. The molecule has 3 aromatic rings. The number of H-pyrrole nitrogens is 1. The van der Waals surface area contributed by atoms with Crippen LogP contribution >= 0.6 is 0 Å². The van der Waals surface area contributed by atoms with E-state index in [1.807, 2.05) is 0 Å². The van der Waals surface area contributed by atoms with E-state index in [-0.39, 0.29) is 22.9 Å². The molecule has 1 N–H and O–H groups in total. The van der Waals surface area contributed by atoms with E-state index in [4.69, 9.17) is 4.74 Å². The Labute approximate surface area is 168 Å². The van der Waals surface area contributed by atoms with Crippen molar-refractivity contribution in [2.75, 3.05) is 18.8 Å². The lowest BCUT2D eigenvalue weighted by molar-refractivity contribution is 0.183. The molecule has 0 radical (unpaired) electrons. The number of amides is 1. The third-order valence-corrected chi connectivity index (χ3v) is 5.94. The first kappa shape index (κ1) is 19.2. The van der Waals surface area contributed by atoms with E-state index in [1.54, 1.807) is 28.8 Å². The number of hydrogen-bond acceptors (Lipinski definition) is 7. The van der Waals surface area contributed by atoms with Crippen molar-refractivity contribution < 1.29 is 13.7 Å². The Bertz CT molecular complexity index is 1130. The van der Waals surface area contributed by atoms with Gasteiger partial charge in [0.25, 0.3) is 5.56 Å². The topological polar surface area (TPSA) is 123 Å². The number of pyridine rings is 1. The summed E-state index contributed by atoms with van der Waals surface area (Å²) in [5, 5.41) is 4.43. The summed E-state index contributed by atoms with van der Waals surface area (Å²) >= 11 is 0. The van der Waals surface area contributed by atoms with Gasteiger partial charge in [-0.05, 0) is 18.9 Å². The second kappa shape index (κ2) is 8.11. The fourth-order valence-electron chi connectivity index (χ4n) is 3.31. The zero-order chi connectivity index (χ0) is 20.4. The largest absolute Gasteiger partial charge is 0.422 e. The molecule has 152 valence electrons. The fraction of sp³-hybridized carbons (Fsp3) is 0.389. The number of aromatic amines is 1. The van der Waals surface area contributed by atoms with Crippen LogP contribution in [0.2, 0.25) is 0 Å². The van der Waals surface area contributed by atoms with Crippen molar-refractivity contribution in [3.63, 3.8) is 0 Å². The Hall–Kier alpha value is -3.08. The van der Waals surface area contributed by atoms with Crippen molar-refractivity contribution in [3.05, 3.63) is 41.2 Å². The summed E-state index contributed by atoms with van der Waals surface area (Å²) in [6, 6.07) is 1.60. The standard InChI is InChI=1S/C18H20N6O4S/c1-2-29(27)18(26)23-7-3-4-12(10-23)24-11-13(8-20-24)28-17-21-15-9-19-6-5-14(15)16(25)22-17/h5-6,8-9,11-12H,2-4,7,10H2,1H3,(H,21,22,25)/t12-,29?/m0/s1. The van der Waals surface area contributed by atoms with Crippen molar-refractivity contribution in [2.45, 2.75) is 25.8 Å². The molecule has 0 aromatic carbocycles. The van der Waals surface area contributed by atoms with Gasteiger partial charge in [0, 0.05) is 25.0 Å². The van der Waals surface area contributed by atoms with Crippen molar-refractivity contribution in [1.82, 2.24) is 29.6 Å². The highest BCUT2D eigenvalue weighted by Gasteiger charge is 2.27. The molecule has 0 saturated carbocycles. The predicted octanol–water partition coefficient (Wildman–Crippen LogP) is 1.83. The second-order valence-electron chi connectivity index (χ2n) is 6.66. The maximum absolute atomic E-state index is 12.2. The third kappa shape index (κ3) is 4.04. The highest BCUT2D eigenvalue weighted by atomic mass is 32.2. The van der Waals surface area contributed by atoms with E-state index >= 15 is 0 Å². The van der Waals surface area contributed by atoms with Gasteiger partial charge < -0.3 is 9.64 Å². The summed E-state index contributed by atoms with van der Waals surface area (Å²) in [7, 11) is -1.49. The number of aromatic nitrogens is 5. The number of carbonyl (C=O) groups is 1. The van der Waals surface area contributed by atoms with E-state index in [0.29, 0.717) is 35.5 Å². The first-order valence-corrected chi connectivity index (χ1v) is 10.6. The van der Waals surface area contributed by atoms with Crippen LogP contribution in [-0.2, 0) is 10.8 Å². The van der Waals surface area contributed by atoms with Crippen LogP contribution in [0.1, 0.15) is 25.8 Å². The van der Waals surface area contributed by atoms with Gasteiger partial charge in [-0.3, -0.25) is 24.2 Å². The monoisotopic (exact) mass is 416 g/mol. The van der Waals surface area contributed by atoms with Gasteiger partial charge in [-0.1, -0.05) is 6.92 Å². The molecule has 4 rings (SSSR count). The first-order chi connectivity index (χ1) is 14.0. The molecule has 0 spiro atoms. The molecule has 1 saturated heterocycles. The summed E-state index contributed by atoms with van der Waals surface area (Å²) < 4.78 is 19.2. The Balaban J connectivity index is 1.49. The molecule has 1 amide bonds. The van der Waals surface area contributed by atoms with Crippen LogP contribution in [0.15, 0.2) is 35.6 Å². The lowest BCUT2D eigenvalue weighted by Gasteiger charge is -2.32. The number of nitrogens with zero attached hydrogens (tertiary/aromatic N) is 5. The third-order valence-electron chi connectivity index (χ3n) is 4.77. The molecular weight excluding hydrogens is 396 g/mol. The molecule has 0 bridgehead atoms. The molecule has 4 heterocycles. The lowest BCUT2D eigenvalue weighted by atomic mass is 10.1. The number of piperidine rings is 1. The maximum atomic E-state index is 12.2. The van der Waals surface area contributed by atoms with Gasteiger partial charge in [0.15, 0.2) is 5.75 Å². The van der Waals surface area contributed by atoms with Gasteiger partial charge in [-0.2, -0.15) is 10.1 Å². The summed E-state index contributed by atoms with van der Waals surface area (Å²) in [4.78, 5) is 36.8. The summed E-state index contributed by atoms with van der Waals surface area (Å²) in [6.45, 7) is 2.78. The normalized spacial score (nSPS) is 18.0. The molecule has 1 unspecified atom stereocenters. The van der Waals surface area contributed by atoms with Crippen molar-refractivity contribution in [1.29, 1.82) is 0 Å². The van der Waals surface area contributed by atoms with Crippen LogP contribution < -0.4 is 10.3 Å². The molecule has 2 atom stereocenters. The number of carbonyl (C=O) groups excluding carboxylic acids is 1. The minimum absolute atomic E-state index is 0.0354. The van der Waals surface area contributed by atoms with Gasteiger partial charge in [0.2, 0.25) is 0 Å². The number of fused-ring (bicyclic) bond motifs is 1. The zero-order valence-corrected chi connectivity index (χ0v) is 16.6. The van der Waals surface area contributed by atoms with Gasteiger partial charge >= 0.3 is 11.2 Å². The van der Waals surface area contributed by atoms with Crippen LogP contribution in [0.25, 0.3) is 10.9 Å². The minimum Gasteiger partial charge on any atom is -0.422 e. The molecule has 1 aliphatic heterocycles. The number of likely N-dealkylation sites (tertiary alicyclic amines) is 1. The molecule has 10 nitrogen and oxygen atoms in total. The molecule has 11 heteroatoms. The maximum Gasteiger partial charge on any atom is 0.311 e. The van der Waals surface area contributed by atoms with Crippen LogP contribution in [0, 0.1) is 0 Å². The zero-order valence-electron chi connectivity index (χ0n) is 15.8. The van der Waals surface area contributed by atoms with Gasteiger partial charge in [0.1, 0.15) is 10.8 Å². The highest BCUT2D eigenvalue weighted by Crippen LogP contribution is 2.25. The SMILES string of the molecule is CCS(=O)C(=O)N1CCC[C@H](n2cc(Oc3nc4cnccc4c(=O)[nH]3)cn2)C1. The van der Waals surface area contributed by atoms with Crippen molar-refractivity contribution in [2.24, 2.45) is 0 Å². The molecular formula is C18H20N6O4S. The quantitative estimate of drug-likeness (QED) is 0.688. The number of nitrogens with one attached hydrogen (secondary N) is 1. The average Bonchev–Trinajstić information content (AvgIpc) is 3.21. The van der Waals surface area contributed by atoms with Crippen molar-refractivity contribution in [3.8, 4) is 11.8 Å². The summed E-state index contributed by atoms with van der Waals surface area (Å²) in [6.07, 6.45) is 7.90. The molecule has 1 aliphatic rings. The van der Waals surface area contributed by atoms with Gasteiger partial charge in [-0.25, -0.2) is 4.21 Å². The van der Waals surface area contributed by atoms with E-state index in [1.165, 1.54) is 18.6 Å². The smallest absolute Gasteiger partial charge is 0.311 e. The second-order valence-corrected chi connectivity index (χ2v) is 8.28. The Kier molecular flexibility index (Phi) is 5.38. The number of ether oxygens (including phenoxy) is 1. The van der Waals surface area contributed by atoms with Gasteiger partial charge in [0.05, 0.1) is 35.5 Å². The van der Waals surface area contributed by atoms with Crippen LogP contribution in [-0.4, -0.2) is 57.9 Å². The van der Waals surface area contributed by atoms with Crippen LogP contribution in [0.5, 0.6) is 11.8 Å². The van der Waals surface area contributed by atoms with E-state index < -0.39 is 10.8 Å². The molecule has 29 heavy (non-hydrogen) atoms. The first-order valence-electron chi connectivity index (χ1n) is 9.28. The van der Waals surface area contributed by atoms with Crippen LogP contribution in [0.4, 0.5) is 4.79 Å². The number of rotatable bonds is 4. The molecule has 3 aromatic heterocycles. The molecule has 1 fully saturated rings. The van der Waals surface area contributed by atoms with Gasteiger partial charge in [-0.15, -0.1) is 0 Å². The number of hydrogen-bond donors (Lipinski definition) is 1. The Morgan fingerprint density at radius 1 is 1.41 bits per heavy atom. The highest BCUT2D eigenvalue weighted by molar-refractivity contribution is 8.00. The Morgan fingerprint density at radius 3 is 3.10 bits per heavy atom. The van der Waals surface area contributed by atoms with Crippen molar-refractivity contribution >= 4 is 26.9 Å². The van der Waals surface area contributed by atoms with Crippen LogP contribution in [0.3, 0.4) is 0 Å². The van der Waals surface area contributed by atoms with E-state index in [0.717, 1.165) is 12.8 Å². The minimum atomic E-state index is -1.49. The Morgan fingerprint density at radius 2 is 2.28 bits per heavy atom. The fourth-order valence-corrected chi connectivity index (χ4v) is 4.01. The average molecular weight is 416 g/mol. The molecule has 0 aliphatic carbocycles. The van der Waals surface area contributed by atoms with E-state index in [2.05, 4.69) is 20.1 Å². The summed E-state index contributed by atoms with van der Waals surface area (Å²) in [5.74, 6) is 0.726. The van der Waals surface area contributed by atoms with E-state index in [9.17, 15) is 13.8 Å².